The first-order chi connectivity index (χ1) is 10.2. The molecule has 1 saturated heterocycles. The van der Waals surface area contributed by atoms with Crippen LogP contribution < -0.4 is 0 Å². The van der Waals surface area contributed by atoms with Crippen molar-refractivity contribution in [1.82, 2.24) is 4.90 Å². The second-order valence-electron chi connectivity index (χ2n) is 5.31. The van der Waals surface area contributed by atoms with E-state index >= 15 is 0 Å². The van der Waals surface area contributed by atoms with E-state index in [0.717, 1.165) is 32.5 Å². The number of benzene rings is 1. The molecule has 0 saturated carbocycles. The van der Waals surface area contributed by atoms with Gasteiger partial charge >= 0.3 is 0 Å². The summed E-state index contributed by atoms with van der Waals surface area (Å²) in [5.41, 5.74) is 0.547. The normalized spacial score (nSPS) is 16.2. The maximum atomic E-state index is 12.9. The standard InChI is InChI=1S/C16H22FNO3/c1-20-10-11-21-12-13-6-8-18(9-7-13)16(19)14-2-4-15(17)5-3-14/h2-5,13H,6-12H2,1H3. The first-order valence-corrected chi connectivity index (χ1v) is 7.32. The Balaban J connectivity index is 1.75. The minimum Gasteiger partial charge on any atom is -0.382 e. The van der Waals surface area contributed by atoms with Crippen LogP contribution in [0.2, 0.25) is 0 Å². The average Bonchev–Trinajstić information content (AvgIpc) is 2.52. The van der Waals surface area contributed by atoms with Crippen LogP contribution in [0.4, 0.5) is 4.39 Å². The summed E-state index contributed by atoms with van der Waals surface area (Å²) in [7, 11) is 1.66. The molecule has 2 rings (SSSR count). The summed E-state index contributed by atoms with van der Waals surface area (Å²) in [6.45, 7) is 3.41. The van der Waals surface area contributed by atoms with Crippen LogP contribution in [0.15, 0.2) is 24.3 Å². The first kappa shape index (κ1) is 15.9. The van der Waals surface area contributed by atoms with Crippen LogP contribution >= 0.6 is 0 Å². The third-order valence-corrected chi connectivity index (χ3v) is 3.78. The maximum Gasteiger partial charge on any atom is 0.253 e. The van der Waals surface area contributed by atoms with E-state index in [-0.39, 0.29) is 11.7 Å². The van der Waals surface area contributed by atoms with Crippen LogP contribution in [0.25, 0.3) is 0 Å². The largest absolute Gasteiger partial charge is 0.382 e. The number of hydrogen-bond acceptors (Lipinski definition) is 3. The third-order valence-electron chi connectivity index (χ3n) is 3.78. The SMILES string of the molecule is COCCOCC1CCN(C(=O)c2ccc(F)cc2)CC1. The number of nitrogens with zero attached hydrogens (tertiary/aromatic N) is 1. The molecule has 5 heteroatoms. The molecule has 0 aromatic heterocycles. The number of piperidine rings is 1. The molecular weight excluding hydrogens is 273 g/mol. The maximum absolute atomic E-state index is 12.9. The average molecular weight is 295 g/mol. The Morgan fingerprint density at radius 3 is 2.52 bits per heavy atom. The van der Waals surface area contributed by atoms with E-state index in [9.17, 15) is 9.18 Å². The summed E-state index contributed by atoms with van der Waals surface area (Å²) < 4.78 is 23.3. The van der Waals surface area contributed by atoms with E-state index in [1.807, 2.05) is 4.90 Å². The van der Waals surface area contributed by atoms with E-state index in [2.05, 4.69) is 0 Å². The minimum absolute atomic E-state index is 0.0197. The quantitative estimate of drug-likeness (QED) is 0.756. The Morgan fingerprint density at radius 1 is 1.24 bits per heavy atom. The smallest absolute Gasteiger partial charge is 0.253 e. The Morgan fingerprint density at radius 2 is 1.90 bits per heavy atom. The monoisotopic (exact) mass is 295 g/mol. The zero-order chi connectivity index (χ0) is 15.1. The number of carbonyl (C=O) groups is 1. The minimum atomic E-state index is -0.321. The van der Waals surface area contributed by atoms with Gasteiger partial charge in [0.1, 0.15) is 5.82 Å². The van der Waals surface area contributed by atoms with Crippen molar-refractivity contribution in [1.29, 1.82) is 0 Å². The molecule has 1 amide bonds. The van der Waals surface area contributed by atoms with Crippen LogP contribution in [0.1, 0.15) is 23.2 Å². The number of halogens is 1. The molecule has 1 aromatic carbocycles. The number of likely N-dealkylation sites (tertiary alicyclic amines) is 1. The molecule has 0 spiro atoms. The van der Waals surface area contributed by atoms with Crippen molar-refractivity contribution in [3.63, 3.8) is 0 Å². The predicted octanol–water partition coefficient (Wildman–Crippen LogP) is 2.34. The van der Waals surface area contributed by atoms with Gasteiger partial charge in [-0.25, -0.2) is 4.39 Å². The molecular formula is C16H22FNO3. The number of rotatable bonds is 6. The molecule has 4 nitrogen and oxygen atoms in total. The van der Waals surface area contributed by atoms with Gasteiger partial charge in [-0.15, -0.1) is 0 Å². The van der Waals surface area contributed by atoms with Crippen LogP contribution in [0, 0.1) is 11.7 Å². The van der Waals surface area contributed by atoms with E-state index in [4.69, 9.17) is 9.47 Å². The van der Waals surface area contributed by atoms with Gasteiger partial charge in [0, 0.05) is 32.4 Å². The molecule has 0 N–H and O–H groups in total. The molecule has 1 heterocycles. The predicted molar refractivity (Wildman–Crippen MR) is 77.7 cm³/mol. The van der Waals surface area contributed by atoms with Gasteiger partial charge in [0.05, 0.1) is 13.2 Å². The molecule has 21 heavy (non-hydrogen) atoms. The van der Waals surface area contributed by atoms with Gasteiger partial charge in [-0.1, -0.05) is 0 Å². The number of ether oxygens (including phenoxy) is 2. The molecule has 0 bridgehead atoms. The van der Waals surface area contributed by atoms with Crippen molar-refractivity contribution >= 4 is 5.91 Å². The fourth-order valence-electron chi connectivity index (χ4n) is 2.47. The Hall–Kier alpha value is -1.46. The highest BCUT2D eigenvalue weighted by Gasteiger charge is 2.23. The van der Waals surface area contributed by atoms with Gasteiger partial charge in [-0.3, -0.25) is 4.79 Å². The fourth-order valence-corrected chi connectivity index (χ4v) is 2.47. The fraction of sp³-hybridized carbons (Fsp3) is 0.562. The van der Waals surface area contributed by atoms with E-state index in [0.29, 0.717) is 24.7 Å². The van der Waals surface area contributed by atoms with Gasteiger partial charge in [0.25, 0.3) is 5.91 Å². The number of hydrogen-bond donors (Lipinski definition) is 0. The molecule has 1 aliphatic rings. The number of methoxy groups -OCH3 is 1. The van der Waals surface area contributed by atoms with Crippen molar-refractivity contribution in [3.8, 4) is 0 Å². The zero-order valence-corrected chi connectivity index (χ0v) is 12.4. The molecule has 1 aromatic rings. The molecule has 0 aliphatic carbocycles. The van der Waals surface area contributed by atoms with E-state index < -0.39 is 0 Å². The van der Waals surface area contributed by atoms with Gasteiger partial charge < -0.3 is 14.4 Å². The molecule has 0 atom stereocenters. The summed E-state index contributed by atoms with van der Waals surface area (Å²) in [4.78, 5) is 14.1. The van der Waals surface area contributed by atoms with Gasteiger partial charge in [0.2, 0.25) is 0 Å². The highest BCUT2D eigenvalue weighted by Crippen LogP contribution is 2.19. The zero-order valence-electron chi connectivity index (χ0n) is 12.4. The van der Waals surface area contributed by atoms with Gasteiger partial charge in [0.15, 0.2) is 0 Å². The summed E-state index contributed by atoms with van der Waals surface area (Å²) in [5, 5.41) is 0. The number of carbonyl (C=O) groups excluding carboxylic acids is 1. The summed E-state index contributed by atoms with van der Waals surface area (Å²) in [6, 6.07) is 5.72. The Bertz CT molecular complexity index is 441. The van der Waals surface area contributed by atoms with Crippen LogP contribution in [-0.4, -0.2) is 50.8 Å². The third kappa shape index (κ3) is 4.79. The summed E-state index contributed by atoms with van der Waals surface area (Å²) >= 11 is 0. The van der Waals surface area contributed by atoms with Crippen LogP contribution in [-0.2, 0) is 9.47 Å². The van der Waals surface area contributed by atoms with Crippen molar-refractivity contribution in [3.05, 3.63) is 35.6 Å². The molecule has 0 radical (unpaired) electrons. The van der Waals surface area contributed by atoms with Crippen molar-refractivity contribution < 1.29 is 18.7 Å². The van der Waals surface area contributed by atoms with Crippen LogP contribution in [0.5, 0.6) is 0 Å². The summed E-state index contributed by atoms with van der Waals surface area (Å²) in [5.74, 6) is 0.159. The molecule has 116 valence electrons. The highest BCUT2D eigenvalue weighted by atomic mass is 19.1. The second kappa shape index (κ2) is 8.10. The second-order valence-corrected chi connectivity index (χ2v) is 5.31. The van der Waals surface area contributed by atoms with Crippen molar-refractivity contribution in [2.45, 2.75) is 12.8 Å². The van der Waals surface area contributed by atoms with Crippen molar-refractivity contribution in [2.24, 2.45) is 5.92 Å². The lowest BCUT2D eigenvalue weighted by Gasteiger charge is -2.32. The Labute approximate surface area is 124 Å². The molecule has 0 unspecified atom stereocenters. The first-order valence-electron chi connectivity index (χ1n) is 7.32. The number of amides is 1. The summed E-state index contributed by atoms with van der Waals surface area (Å²) in [6.07, 6.45) is 1.89. The topological polar surface area (TPSA) is 38.8 Å². The van der Waals surface area contributed by atoms with E-state index in [1.165, 1.54) is 24.3 Å². The lowest BCUT2D eigenvalue weighted by molar-refractivity contribution is 0.0327. The van der Waals surface area contributed by atoms with Gasteiger partial charge in [-0.05, 0) is 43.0 Å². The van der Waals surface area contributed by atoms with Gasteiger partial charge in [-0.2, -0.15) is 0 Å². The highest BCUT2D eigenvalue weighted by molar-refractivity contribution is 5.94. The molecule has 1 fully saturated rings. The lowest BCUT2D eigenvalue weighted by Crippen LogP contribution is -2.39. The Kier molecular flexibility index (Phi) is 6.14. The lowest BCUT2D eigenvalue weighted by atomic mass is 9.97. The van der Waals surface area contributed by atoms with Crippen molar-refractivity contribution in [2.75, 3.05) is 40.0 Å². The van der Waals surface area contributed by atoms with E-state index in [1.54, 1.807) is 7.11 Å². The van der Waals surface area contributed by atoms with Crippen LogP contribution in [0.3, 0.4) is 0 Å². The molecule has 1 aliphatic heterocycles.